The average molecular weight is 434 g/mol. The zero-order valence-electron chi connectivity index (χ0n) is 19.4. The number of carbonyl (C=O) groups is 1. The van der Waals surface area contributed by atoms with Gasteiger partial charge in [-0.3, -0.25) is 0 Å². The van der Waals surface area contributed by atoms with Crippen LogP contribution in [0.3, 0.4) is 0 Å². The lowest BCUT2D eigenvalue weighted by atomic mass is 10.0. The van der Waals surface area contributed by atoms with E-state index in [0.717, 1.165) is 18.4 Å². The van der Waals surface area contributed by atoms with Gasteiger partial charge in [0.25, 0.3) is 0 Å². The lowest BCUT2D eigenvalue weighted by Crippen LogP contribution is -2.46. The van der Waals surface area contributed by atoms with Crippen LogP contribution in [0.2, 0.25) is 0 Å². The van der Waals surface area contributed by atoms with Gasteiger partial charge in [0, 0.05) is 0 Å². The minimum absolute atomic E-state index is 0.137. The van der Waals surface area contributed by atoms with Crippen molar-refractivity contribution in [2.75, 3.05) is 6.61 Å². The first-order valence-corrected chi connectivity index (χ1v) is 12.5. The van der Waals surface area contributed by atoms with E-state index >= 15 is 0 Å². The number of aliphatic hydroxyl groups is 1. The van der Waals surface area contributed by atoms with Crippen LogP contribution in [-0.2, 0) is 16.1 Å². The van der Waals surface area contributed by atoms with Gasteiger partial charge in [0.15, 0.2) is 0 Å². The molecule has 0 unspecified atom stereocenters. The molecule has 1 fully saturated rings. The highest BCUT2D eigenvalue weighted by atomic mass is 16.6. The number of hydrogen-bond acceptors (Lipinski definition) is 4. The molecule has 0 spiro atoms. The second kappa shape index (κ2) is 16.1. The number of hydrogen-bond donors (Lipinski definition) is 2. The standard InChI is InChI=1S/C26H43NO4/c1-2-3-4-5-6-7-8-9-10-11-12-16-19-24-25(23(28)21-30-24)27-26(29)31-20-22-17-14-13-15-18-22/h13-15,17-18,23-25,28H,2-12,16,19-21H2,1H3,(H,27,29)/t23-,24+,25-/m1/s1. The van der Waals surface area contributed by atoms with Crippen molar-refractivity contribution >= 4 is 6.09 Å². The second-order valence-electron chi connectivity index (χ2n) is 8.85. The molecule has 1 saturated heterocycles. The number of aliphatic hydroxyl groups excluding tert-OH is 1. The summed E-state index contributed by atoms with van der Waals surface area (Å²) in [6.07, 6.45) is 15.3. The highest BCUT2D eigenvalue weighted by Crippen LogP contribution is 2.21. The topological polar surface area (TPSA) is 67.8 Å². The van der Waals surface area contributed by atoms with Crippen molar-refractivity contribution in [1.82, 2.24) is 5.32 Å². The lowest BCUT2D eigenvalue weighted by molar-refractivity contribution is 0.0791. The molecule has 0 radical (unpaired) electrons. The summed E-state index contributed by atoms with van der Waals surface area (Å²) < 4.78 is 11.0. The van der Waals surface area contributed by atoms with Gasteiger partial charge in [0.2, 0.25) is 0 Å². The van der Waals surface area contributed by atoms with E-state index < -0.39 is 18.2 Å². The average Bonchev–Trinajstić information content (AvgIpc) is 3.13. The molecule has 2 rings (SSSR count). The van der Waals surface area contributed by atoms with Gasteiger partial charge in [-0.1, -0.05) is 114 Å². The normalized spacial score (nSPS) is 20.6. The van der Waals surface area contributed by atoms with Crippen LogP contribution in [0.25, 0.3) is 0 Å². The van der Waals surface area contributed by atoms with Crippen LogP contribution in [0.5, 0.6) is 0 Å². The molecule has 1 heterocycles. The van der Waals surface area contributed by atoms with E-state index in [9.17, 15) is 9.90 Å². The Bertz CT molecular complexity index is 580. The lowest BCUT2D eigenvalue weighted by Gasteiger charge is -2.21. The molecule has 3 atom stereocenters. The number of nitrogens with one attached hydrogen (secondary N) is 1. The first-order chi connectivity index (χ1) is 15.2. The molecule has 0 aromatic heterocycles. The Hall–Kier alpha value is -1.59. The van der Waals surface area contributed by atoms with Crippen molar-refractivity contribution in [3.63, 3.8) is 0 Å². The van der Waals surface area contributed by atoms with E-state index in [1.807, 2.05) is 30.3 Å². The van der Waals surface area contributed by atoms with Crippen molar-refractivity contribution in [3.8, 4) is 0 Å². The first kappa shape index (κ1) is 25.7. The van der Waals surface area contributed by atoms with Gasteiger partial charge in [0.1, 0.15) is 12.7 Å². The summed E-state index contributed by atoms with van der Waals surface area (Å²) in [6.45, 7) is 2.76. The highest BCUT2D eigenvalue weighted by molar-refractivity contribution is 5.67. The molecule has 1 aliphatic heterocycles. The van der Waals surface area contributed by atoms with E-state index in [0.29, 0.717) is 0 Å². The van der Waals surface area contributed by atoms with Crippen molar-refractivity contribution in [3.05, 3.63) is 35.9 Å². The monoisotopic (exact) mass is 433 g/mol. The van der Waals surface area contributed by atoms with Crippen LogP contribution in [0, 0.1) is 0 Å². The molecule has 0 saturated carbocycles. The zero-order valence-corrected chi connectivity index (χ0v) is 19.4. The molecule has 2 N–H and O–H groups in total. The Morgan fingerprint density at radius 2 is 1.55 bits per heavy atom. The molecule has 1 aromatic carbocycles. The molecule has 5 heteroatoms. The van der Waals surface area contributed by atoms with Crippen LogP contribution in [0.4, 0.5) is 4.79 Å². The minimum Gasteiger partial charge on any atom is -0.445 e. The van der Waals surface area contributed by atoms with E-state index in [2.05, 4.69) is 12.2 Å². The summed E-state index contributed by atoms with van der Waals surface area (Å²) >= 11 is 0. The fourth-order valence-electron chi connectivity index (χ4n) is 4.22. The largest absolute Gasteiger partial charge is 0.445 e. The molecule has 31 heavy (non-hydrogen) atoms. The van der Waals surface area contributed by atoms with Crippen molar-refractivity contribution < 1.29 is 19.4 Å². The van der Waals surface area contributed by atoms with E-state index in [1.54, 1.807) is 0 Å². The highest BCUT2D eigenvalue weighted by Gasteiger charge is 2.37. The van der Waals surface area contributed by atoms with E-state index in [1.165, 1.54) is 70.6 Å². The number of carbonyl (C=O) groups excluding carboxylic acids is 1. The Morgan fingerprint density at radius 1 is 0.968 bits per heavy atom. The van der Waals surface area contributed by atoms with Crippen molar-refractivity contribution in [2.45, 2.75) is 115 Å². The molecule has 0 bridgehead atoms. The van der Waals surface area contributed by atoms with Gasteiger partial charge in [-0.2, -0.15) is 0 Å². The van der Waals surface area contributed by atoms with Crippen LogP contribution >= 0.6 is 0 Å². The molecular weight excluding hydrogens is 390 g/mol. The SMILES string of the molecule is CCCCCCCCCCCCCC[C@@H]1OC[C@@H](O)[C@H]1NC(=O)OCc1ccccc1. The number of unbranched alkanes of at least 4 members (excludes halogenated alkanes) is 11. The second-order valence-corrected chi connectivity index (χ2v) is 8.85. The molecule has 1 aromatic rings. The fraction of sp³-hybridized carbons (Fsp3) is 0.731. The third-order valence-corrected chi connectivity index (χ3v) is 6.14. The number of ether oxygens (including phenoxy) is 2. The quantitative estimate of drug-likeness (QED) is 0.308. The van der Waals surface area contributed by atoms with Gasteiger partial charge in [-0.15, -0.1) is 0 Å². The van der Waals surface area contributed by atoms with Crippen LogP contribution in [0.1, 0.15) is 96.0 Å². The molecule has 1 amide bonds. The Morgan fingerprint density at radius 3 is 2.16 bits per heavy atom. The predicted octanol–water partition coefficient (Wildman–Crippen LogP) is 6.13. The van der Waals surface area contributed by atoms with Crippen molar-refractivity contribution in [2.24, 2.45) is 0 Å². The van der Waals surface area contributed by atoms with Crippen LogP contribution in [-0.4, -0.2) is 36.1 Å². The fourth-order valence-corrected chi connectivity index (χ4v) is 4.22. The number of rotatable bonds is 16. The van der Waals surface area contributed by atoms with Crippen molar-refractivity contribution in [1.29, 1.82) is 0 Å². The molecule has 5 nitrogen and oxygen atoms in total. The van der Waals surface area contributed by atoms with Gasteiger partial charge < -0.3 is 19.9 Å². The summed E-state index contributed by atoms with van der Waals surface area (Å²) in [7, 11) is 0. The molecule has 176 valence electrons. The zero-order chi connectivity index (χ0) is 22.2. The molecule has 1 aliphatic rings. The Kier molecular flexibility index (Phi) is 13.3. The van der Waals surface area contributed by atoms with Gasteiger partial charge in [-0.25, -0.2) is 4.79 Å². The van der Waals surface area contributed by atoms with Crippen LogP contribution in [0.15, 0.2) is 30.3 Å². The third-order valence-electron chi connectivity index (χ3n) is 6.14. The summed E-state index contributed by atoms with van der Waals surface area (Å²) in [5, 5.41) is 13.0. The minimum atomic E-state index is -0.674. The summed E-state index contributed by atoms with van der Waals surface area (Å²) in [6, 6.07) is 9.19. The summed E-state index contributed by atoms with van der Waals surface area (Å²) in [4.78, 5) is 12.1. The molecular formula is C26H43NO4. The van der Waals surface area contributed by atoms with Gasteiger partial charge >= 0.3 is 6.09 Å². The first-order valence-electron chi connectivity index (χ1n) is 12.5. The smallest absolute Gasteiger partial charge is 0.407 e. The summed E-state index contributed by atoms with van der Waals surface area (Å²) in [5.41, 5.74) is 0.939. The Balaban J connectivity index is 1.51. The van der Waals surface area contributed by atoms with Crippen LogP contribution < -0.4 is 5.32 Å². The Labute approximate surface area is 188 Å². The van der Waals surface area contributed by atoms with Gasteiger partial charge in [-0.05, 0) is 12.0 Å². The summed E-state index contributed by atoms with van der Waals surface area (Å²) in [5.74, 6) is 0. The maximum atomic E-state index is 12.1. The maximum absolute atomic E-state index is 12.1. The van der Waals surface area contributed by atoms with E-state index in [-0.39, 0.29) is 19.3 Å². The number of benzene rings is 1. The predicted molar refractivity (Wildman–Crippen MR) is 125 cm³/mol. The van der Waals surface area contributed by atoms with E-state index in [4.69, 9.17) is 9.47 Å². The maximum Gasteiger partial charge on any atom is 0.407 e. The third kappa shape index (κ3) is 11.0. The molecule has 0 aliphatic carbocycles. The van der Waals surface area contributed by atoms with Gasteiger partial charge in [0.05, 0.1) is 18.8 Å². The number of amides is 1. The number of alkyl carbamates (subject to hydrolysis) is 1.